The molecule has 0 spiro atoms. The Morgan fingerprint density at radius 1 is 1.20 bits per heavy atom. The highest BCUT2D eigenvalue weighted by atomic mass is 16.5. The van der Waals surface area contributed by atoms with E-state index in [2.05, 4.69) is 10.3 Å². The largest absolute Gasteiger partial charge is 0.454 e. The van der Waals surface area contributed by atoms with Crippen LogP contribution < -0.4 is 15.0 Å². The quantitative estimate of drug-likeness (QED) is 0.879. The summed E-state index contributed by atoms with van der Waals surface area (Å²) in [7, 11) is 1.73. The van der Waals surface area contributed by atoms with Gasteiger partial charge in [-0.25, -0.2) is 4.98 Å². The van der Waals surface area contributed by atoms with Gasteiger partial charge in [-0.2, -0.15) is 0 Å². The second-order valence-electron chi connectivity index (χ2n) is 6.65. The normalized spacial score (nSPS) is 22.5. The average molecular weight is 339 g/mol. The molecule has 6 nitrogen and oxygen atoms in total. The van der Waals surface area contributed by atoms with Crippen molar-refractivity contribution in [1.29, 1.82) is 0 Å². The molecule has 2 heterocycles. The van der Waals surface area contributed by atoms with Gasteiger partial charge in [-0.3, -0.25) is 4.79 Å². The van der Waals surface area contributed by atoms with E-state index in [1.54, 1.807) is 30.3 Å². The van der Waals surface area contributed by atoms with Gasteiger partial charge in [-0.05, 0) is 37.8 Å². The van der Waals surface area contributed by atoms with Gasteiger partial charge in [-0.1, -0.05) is 12.1 Å². The van der Waals surface area contributed by atoms with Crippen molar-refractivity contribution in [2.45, 2.75) is 37.8 Å². The molecule has 2 aromatic rings. The zero-order valence-electron chi connectivity index (χ0n) is 14.1. The van der Waals surface area contributed by atoms with Gasteiger partial charge in [0.1, 0.15) is 17.3 Å². The molecule has 0 atom stereocenters. The Bertz CT molecular complexity index is 800. The van der Waals surface area contributed by atoms with E-state index in [1.165, 1.54) is 0 Å². The number of fused-ring (bicyclic) bond motifs is 2. The van der Waals surface area contributed by atoms with Crippen LogP contribution in [0.15, 0.2) is 36.5 Å². The SMILES string of the molecule is CN1C(=O)c2ccccc2Oc2cc(NC3CCC(O)CC3)ncc21. The number of nitrogens with zero attached hydrogens (tertiary/aromatic N) is 2. The Labute approximate surface area is 146 Å². The number of nitrogens with one attached hydrogen (secondary N) is 1. The molecular formula is C19H21N3O3. The summed E-state index contributed by atoms with van der Waals surface area (Å²) in [5, 5.41) is 13.0. The molecule has 130 valence electrons. The molecule has 1 aliphatic heterocycles. The van der Waals surface area contributed by atoms with Crippen LogP contribution in [0.5, 0.6) is 11.5 Å². The van der Waals surface area contributed by atoms with Crippen LogP contribution in [-0.4, -0.2) is 35.2 Å². The van der Waals surface area contributed by atoms with E-state index in [0.29, 0.717) is 28.8 Å². The van der Waals surface area contributed by atoms with Gasteiger partial charge in [0.25, 0.3) is 5.91 Å². The number of anilines is 2. The standard InChI is InChI=1S/C19H21N3O3/c1-22-15-11-20-18(21-12-6-8-13(23)9-7-12)10-17(15)25-16-5-3-2-4-14(16)19(22)24/h2-5,10-13,23H,6-9H2,1H3,(H,20,21). The molecule has 0 unspecified atom stereocenters. The highest BCUT2D eigenvalue weighted by molar-refractivity contribution is 6.09. The van der Waals surface area contributed by atoms with E-state index in [4.69, 9.17) is 4.74 Å². The van der Waals surface area contributed by atoms with Crippen LogP contribution >= 0.6 is 0 Å². The Balaban J connectivity index is 1.62. The maximum absolute atomic E-state index is 12.6. The molecule has 0 bridgehead atoms. The summed E-state index contributed by atoms with van der Waals surface area (Å²) < 4.78 is 6.01. The molecule has 1 aromatic heterocycles. The van der Waals surface area contributed by atoms with Gasteiger partial charge < -0.3 is 20.1 Å². The van der Waals surface area contributed by atoms with Crippen LogP contribution in [0.25, 0.3) is 0 Å². The number of aliphatic hydroxyl groups excluding tert-OH is 1. The Morgan fingerprint density at radius 2 is 1.96 bits per heavy atom. The zero-order valence-corrected chi connectivity index (χ0v) is 14.1. The molecule has 0 saturated heterocycles. The topological polar surface area (TPSA) is 74.7 Å². The summed E-state index contributed by atoms with van der Waals surface area (Å²) in [4.78, 5) is 18.6. The molecule has 0 radical (unpaired) electrons. The number of rotatable bonds is 2. The average Bonchev–Trinajstić information content (AvgIpc) is 2.73. The van der Waals surface area contributed by atoms with Gasteiger partial charge in [0.15, 0.2) is 5.75 Å². The third-order valence-corrected chi connectivity index (χ3v) is 4.90. The minimum absolute atomic E-state index is 0.113. The van der Waals surface area contributed by atoms with E-state index in [1.807, 2.05) is 18.2 Å². The molecule has 1 aromatic carbocycles. The van der Waals surface area contributed by atoms with E-state index >= 15 is 0 Å². The number of pyridine rings is 1. The first-order chi connectivity index (χ1) is 12.1. The lowest BCUT2D eigenvalue weighted by molar-refractivity contribution is 0.0993. The first kappa shape index (κ1) is 15.9. The van der Waals surface area contributed by atoms with Crippen LogP contribution in [0, 0.1) is 0 Å². The fourth-order valence-electron chi connectivity index (χ4n) is 3.41. The van der Waals surface area contributed by atoms with E-state index in [-0.39, 0.29) is 12.0 Å². The molecule has 2 aliphatic rings. The molecule has 1 aliphatic carbocycles. The number of aromatic nitrogens is 1. The fraction of sp³-hybridized carbons (Fsp3) is 0.368. The number of hydrogen-bond donors (Lipinski definition) is 2. The fourth-order valence-corrected chi connectivity index (χ4v) is 3.41. The van der Waals surface area contributed by atoms with E-state index in [9.17, 15) is 9.90 Å². The third kappa shape index (κ3) is 3.05. The predicted octanol–water partition coefficient (Wildman–Crippen LogP) is 3.18. The first-order valence-corrected chi connectivity index (χ1v) is 8.61. The summed E-state index contributed by atoms with van der Waals surface area (Å²) in [6.07, 6.45) is 4.94. The molecule has 1 fully saturated rings. The van der Waals surface area contributed by atoms with Gasteiger partial charge in [0.2, 0.25) is 0 Å². The van der Waals surface area contributed by atoms with Gasteiger partial charge >= 0.3 is 0 Å². The van der Waals surface area contributed by atoms with Crippen molar-refractivity contribution in [3.63, 3.8) is 0 Å². The number of hydrogen-bond acceptors (Lipinski definition) is 5. The predicted molar refractivity (Wildman–Crippen MR) is 95.4 cm³/mol. The van der Waals surface area contributed by atoms with Crippen LogP contribution in [-0.2, 0) is 0 Å². The molecule has 25 heavy (non-hydrogen) atoms. The lowest BCUT2D eigenvalue weighted by Crippen LogP contribution is -2.28. The van der Waals surface area contributed by atoms with Crippen molar-refractivity contribution in [3.8, 4) is 11.5 Å². The lowest BCUT2D eigenvalue weighted by Gasteiger charge is -2.27. The maximum atomic E-state index is 12.6. The van der Waals surface area contributed by atoms with Crippen LogP contribution in [0.2, 0.25) is 0 Å². The number of carbonyl (C=O) groups excluding carboxylic acids is 1. The van der Waals surface area contributed by atoms with Crippen LogP contribution in [0.3, 0.4) is 0 Å². The zero-order chi connectivity index (χ0) is 17.4. The Kier molecular flexibility index (Phi) is 4.05. The Hall–Kier alpha value is -2.60. The molecule has 6 heteroatoms. The minimum Gasteiger partial charge on any atom is -0.454 e. The number of benzene rings is 1. The summed E-state index contributed by atoms with van der Waals surface area (Å²) in [5.74, 6) is 1.77. The Morgan fingerprint density at radius 3 is 2.76 bits per heavy atom. The van der Waals surface area contributed by atoms with Crippen molar-refractivity contribution in [1.82, 2.24) is 4.98 Å². The van der Waals surface area contributed by atoms with Crippen molar-refractivity contribution >= 4 is 17.4 Å². The molecular weight excluding hydrogens is 318 g/mol. The number of carbonyl (C=O) groups is 1. The highest BCUT2D eigenvalue weighted by Crippen LogP contribution is 2.39. The van der Waals surface area contributed by atoms with Crippen molar-refractivity contribution in [2.75, 3.05) is 17.3 Å². The van der Waals surface area contributed by atoms with Crippen LogP contribution in [0.1, 0.15) is 36.0 Å². The monoisotopic (exact) mass is 339 g/mol. The number of para-hydroxylation sites is 1. The molecule has 2 N–H and O–H groups in total. The summed E-state index contributed by atoms with van der Waals surface area (Å²) in [5.41, 5.74) is 1.18. The van der Waals surface area contributed by atoms with Crippen molar-refractivity contribution in [3.05, 3.63) is 42.1 Å². The number of amides is 1. The van der Waals surface area contributed by atoms with Gasteiger partial charge in [0.05, 0.1) is 17.9 Å². The third-order valence-electron chi connectivity index (χ3n) is 4.90. The van der Waals surface area contributed by atoms with E-state index < -0.39 is 0 Å². The number of aliphatic hydroxyl groups is 1. The van der Waals surface area contributed by atoms with Crippen molar-refractivity contribution in [2.24, 2.45) is 0 Å². The maximum Gasteiger partial charge on any atom is 0.261 e. The summed E-state index contributed by atoms with van der Waals surface area (Å²) >= 11 is 0. The molecule has 1 saturated carbocycles. The highest BCUT2D eigenvalue weighted by Gasteiger charge is 2.26. The molecule has 4 rings (SSSR count). The second kappa shape index (κ2) is 6.37. The smallest absolute Gasteiger partial charge is 0.261 e. The minimum atomic E-state index is -0.183. The summed E-state index contributed by atoms with van der Waals surface area (Å²) in [6, 6.07) is 9.38. The van der Waals surface area contributed by atoms with Crippen LogP contribution in [0.4, 0.5) is 11.5 Å². The second-order valence-corrected chi connectivity index (χ2v) is 6.65. The van der Waals surface area contributed by atoms with Gasteiger partial charge in [-0.15, -0.1) is 0 Å². The lowest BCUT2D eigenvalue weighted by atomic mass is 9.93. The summed E-state index contributed by atoms with van der Waals surface area (Å²) in [6.45, 7) is 0. The first-order valence-electron chi connectivity index (χ1n) is 8.61. The molecule has 1 amide bonds. The van der Waals surface area contributed by atoms with Gasteiger partial charge in [0, 0.05) is 19.2 Å². The van der Waals surface area contributed by atoms with Crippen molar-refractivity contribution < 1.29 is 14.6 Å². The van der Waals surface area contributed by atoms with E-state index in [0.717, 1.165) is 31.5 Å². The number of ether oxygens (including phenoxy) is 1.